The molecule has 3 aromatic carbocycles. The number of thioether (sulfide) groups is 1. The van der Waals surface area contributed by atoms with Gasteiger partial charge in [-0.25, -0.2) is 9.79 Å². The van der Waals surface area contributed by atoms with E-state index in [1.807, 2.05) is 73.0 Å². The lowest BCUT2D eigenvalue weighted by Gasteiger charge is -2.25. The van der Waals surface area contributed by atoms with E-state index in [1.54, 1.807) is 37.1 Å². The lowest BCUT2D eigenvalue weighted by Crippen LogP contribution is -2.40. The number of hydrogen-bond acceptors (Lipinski definition) is 7. The second-order valence-corrected chi connectivity index (χ2v) is 11.4. The standard InChI is InChI=1S/C32H28N2O4S2/c1-6-17-37-26-16-13-21-9-7-8-10-24(21)25(26)18-27-30(35)34-29(22-11-14-23(39-5)15-12-22)28(31(36)38-19(2)3)20(4)33-32(34)40-27/h1,7-16,18-19,29H,17H2,2-5H3/b27-18-/t29-/m1/s1. The number of aromatic nitrogens is 1. The highest BCUT2D eigenvalue weighted by Crippen LogP contribution is 2.32. The topological polar surface area (TPSA) is 69.9 Å². The van der Waals surface area contributed by atoms with Crippen molar-refractivity contribution in [3.8, 4) is 18.1 Å². The minimum atomic E-state index is -0.676. The first-order chi connectivity index (χ1) is 19.3. The second-order valence-electron chi connectivity index (χ2n) is 9.50. The van der Waals surface area contributed by atoms with Gasteiger partial charge in [0.05, 0.1) is 27.9 Å². The van der Waals surface area contributed by atoms with Crippen LogP contribution in [0.2, 0.25) is 0 Å². The molecule has 0 amide bonds. The van der Waals surface area contributed by atoms with Crippen LogP contribution in [0.5, 0.6) is 5.75 Å². The van der Waals surface area contributed by atoms with Crippen LogP contribution in [0.15, 0.2) is 86.6 Å². The molecule has 0 saturated heterocycles. The smallest absolute Gasteiger partial charge is 0.338 e. The Labute approximate surface area is 240 Å². The molecule has 0 unspecified atom stereocenters. The zero-order chi connectivity index (χ0) is 28.4. The predicted molar refractivity (Wildman–Crippen MR) is 161 cm³/mol. The number of carbonyl (C=O) groups excluding carboxylic acids is 1. The molecule has 1 aliphatic rings. The number of ether oxygens (including phenoxy) is 2. The van der Waals surface area contributed by atoms with Gasteiger partial charge in [0.1, 0.15) is 12.4 Å². The monoisotopic (exact) mass is 568 g/mol. The van der Waals surface area contributed by atoms with E-state index >= 15 is 0 Å². The highest BCUT2D eigenvalue weighted by molar-refractivity contribution is 7.98. The lowest BCUT2D eigenvalue weighted by atomic mass is 9.96. The molecule has 6 nitrogen and oxygen atoms in total. The fraction of sp³-hybridized carbons (Fsp3) is 0.219. The lowest BCUT2D eigenvalue weighted by molar-refractivity contribution is -0.143. The molecule has 1 atom stereocenters. The number of terminal acetylenes is 1. The molecule has 8 heteroatoms. The van der Waals surface area contributed by atoms with Crippen LogP contribution in [-0.2, 0) is 9.53 Å². The molecule has 5 rings (SSSR count). The number of carbonyl (C=O) groups is 1. The molecule has 1 aromatic heterocycles. The Hall–Kier alpha value is -4.06. The van der Waals surface area contributed by atoms with E-state index in [9.17, 15) is 9.59 Å². The number of esters is 1. The summed E-state index contributed by atoms with van der Waals surface area (Å²) >= 11 is 2.90. The molecule has 202 valence electrons. The minimum absolute atomic E-state index is 0.104. The van der Waals surface area contributed by atoms with Gasteiger partial charge in [-0.15, -0.1) is 18.2 Å². The van der Waals surface area contributed by atoms with Crippen LogP contribution < -0.4 is 19.6 Å². The molecule has 40 heavy (non-hydrogen) atoms. The van der Waals surface area contributed by atoms with Gasteiger partial charge in [0, 0.05) is 10.5 Å². The SMILES string of the molecule is C#CCOc1ccc2ccccc2c1/C=c1\sc2n(c1=O)[C@H](c1ccc(SC)cc1)C(C(=O)OC(C)C)=C(C)N=2. The first-order valence-corrected chi connectivity index (χ1v) is 14.8. The number of allylic oxidation sites excluding steroid dienone is 1. The first-order valence-electron chi connectivity index (χ1n) is 12.8. The summed E-state index contributed by atoms with van der Waals surface area (Å²) in [6, 6.07) is 18.9. The summed E-state index contributed by atoms with van der Waals surface area (Å²) in [5, 5.41) is 1.94. The van der Waals surface area contributed by atoms with Gasteiger partial charge in [-0.05, 0) is 67.6 Å². The molecule has 0 spiro atoms. The molecule has 0 saturated carbocycles. The number of thiazole rings is 1. The van der Waals surface area contributed by atoms with Crippen molar-refractivity contribution in [3.05, 3.63) is 103 Å². The van der Waals surface area contributed by atoms with Crippen LogP contribution in [0.3, 0.4) is 0 Å². The summed E-state index contributed by atoms with van der Waals surface area (Å²) in [5.74, 6) is 2.61. The average molecular weight is 569 g/mol. The van der Waals surface area contributed by atoms with Crippen molar-refractivity contribution in [3.63, 3.8) is 0 Å². The molecule has 0 aliphatic carbocycles. The van der Waals surface area contributed by atoms with Gasteiger partial charge in [0.2, 0.25) is 0 Å². The molecule has 2 heterocycles. The summed E-state index contributed by atoms with van der Waals surface area (Å²) in [6.45, 7) is 5.49. The van der Waals surface area contributed by atoms with Crippen molar-refractivity contribution >= 4 is 45.9 Å². The van der Waals surface area contributed by atoms with Gasteiger partial charge in [-0.1, -0.05) is 59.7 Å². The van der Waals surface area contributed by atoms with Crippen molar-refractivity contribution in [1.82, 2.24) is 4.57 Å². The Morgan fingerprint density at radius 1 is 1.18 bits per heavy atom. The van der Waals surface area contributed by atoms with E-state index in [0.29, 0.717) is 26.4 Å². The third-order valence-electron chi connectivity index (χ3n) is 6.53. The molecular weight excluding hydrogens is 540 g/mol. The highest BCUT2D eigenvalue weighted by atomic mass is 32.2. The Kier molecular flexibility index (Phi) is 7.97. The van der Waals surface area contributed by atoms with Crippen molar-refractivity contribution < 1.29 is 14.3 Å². The van der Waals surface area contributed by atoms with Crippen LogP contribution in [0.25, 0.3) is 16.8 Å². The third-order valence-corrected chi connectivity index (χ3v) is 8.26. The summed E-state index contributed by atoms with van der Waals surface area (Å²) in [5.41, 5.74) is 2.20. The Balaban J connectivity index is 1.75. The van der Waals surface area contributed by atoms with Gasteiger partial charge < -0.3 is 9.47 Å². The molecular formula is C32H28N2O4S2. The number of nitrogens with zero attached hydrogens (tertiary/aromatic N) is 2. The van der Waals surface area contributed by atoms with Crippen molar-refractivity contribution in [2.75, 3.05) is 12.9 Å². The highest BCUT2D eigenvalue weighted by Gasteiger charge is 2.33. The normalized spacial score (nSPS) is 15.1. The van der Waals surface area contributed by atoms with E-state index in [0.717, 1.165) is 26.8 Å². The molecule has 4 aromatic rings. The maximum atomic E-state index is 14.1. The van der Waals surface area contributed by atoms with Gasteiger partial charge in [0.15, 0.2) is 4.80 Å². The molecule has 0 fully saturated rings. The average Bonchev–Trinajstić information content (AvgIpc) is 3.25. The van der Waals surface area contributed by atoms with Crippen molar-refractivity contribution in [2.45, 2.75) is 37.8 Å². The molecule has 0 N–H and O–H groups in total. The van der Waals surface area contributed by atoms with Gasteiger partial charge in [0.25, 0.3) is 5.56 Å². The number of benzene rings is 3. The van der Waals surface area contributed by atoms with Crippen LogP contribution >= 0.6 is 23.1 Å². The maximum Gasteiger partial charge on any atom is 0.338 e. The van der Waals surface area contributed by atoms with Crippen LogP contribution in [0.1, 0.15) is 37.9 Å². The Bertz CT molecular complexity index is 1860. The van der Waals surface area contributed by atoms with E-state index in [-0.39, 0.29) is 18.3 Å². The van der Waals surface area contributed by atoms with E-state index in [1.165, 1.54) is 11.3 Å². The molecule has 0 radical (unpaired) electrons. The van der Waals surface area contributed by atoms with E-state index in [4.69, 9.17) is 20.9 Å². The fourth-order valence-corrected chi connectivity index (χ4v) is 6.20. The van der Waals surface area contributed by atoms with Gasteiger partial charge in [-0.2, -0.15) is 0 Å². The Morgan fingerprint density at radius 3 is 2.62 bits per heavy atom. The van der Waals surface area contributed by atoms with Crippen molar-refractivity contribution in [1.29, 1.82) is 0 Å². The fourth-order valence-electron chi connectivity index (χ4n) is 4.76. The number of rotatable bonds is 7. The zero-order valence-electron chi connectivity index (χ0n) is 22.6. The number of hydrogen-bond donors (Lipinski definition) is 0. The minimum Gasteiger partial charge on any atom is -0.480 e. The molecule has 1 aliphatic heterocycles. The van der Waals surface area contributed by atoms with E-state index in [2.05, 4.69) is 5.92 Å². The summed E-state index contributed by atoms with van der Waals surface area (Å²) < 4.78 is 13.5. The van der Waals surface area contributed by atoms with Gasteiger partial charge in [-0.3, -0.25) is 9.36 Å². The summed E-state index contributed by atoms with van der Waals surface area (Å²) in [4.78, 5) is 33.7. The predicted octanol–water partition coefficient (Wildman–Crippen LogP) is 5.07. The third kappa shape index (κ3) is 5.23. The second kappa shape index (κ2) is 11.6. The van der Waals surface area contributed by atoms with E-state index < -0.39 is 12.0 Å². The van der Waals surface area contributed by atoms with Crippen LogP contribution in [0, 0.1) is 12.3 Å². The zero-order valence-corrected chi connectivity index (χ0v) is 24.3. The largest absolute Gasteiger partial charge is 0.480 e. The molecule has 0 bridgehead atoms. The van der Waals surface area contributed by atoms with Crippen LogP contribution in [-0.4, -0.2) is 29.5 Å². The maximum absolute atomic E-state index is 14.1. The quantitative estimate of drug-likeness (QED) is 0.177. The summed E-state index contributed by atoms with van der Waals surface area (Å²) in [6.07, 6.45) is 8.98. The van der Waals surface area contributed by atoms with Crippen molar-refractivity contribution in [2.24, 2.45) is 4.99 Å². The van der Waals surface area contributed by atoms with Crippen LogP contribution in [0.4, 0.5) is 0 Å². The Morgan fingerprint density at radius 2 is 1.93 bits per heavy atom. The summed E-state index contributed by atoms with van der Waals surface area (Å²) in [7, 11) is 0. The van der Waals surface area contributed by atoms with Gasteiger partial charge >= 0.3 is 5.97 Å². The number of fused-ring (bicyclic) bond motifs is 2. The first kappa shape index (κ1) is 27.5.